The van der Waals surface area contributed by atoms with Crippen LogP contribution in [0.3, 0.4) is 0 Å². The molecule has 5 heteroatoms. The van der Waals surface area contributed by atoms with Gasteiger partial charge in [-0.1, -0.05) is 47.3 Å². The molecular formula is C16H22BrN3O. The fourth-order valence-electron chi connectivity index (χ4n) is 2.45. The van der Waals surface area contributed by atoms with Crippen LogP contribution in [0.1, 0.15) is 43.2 Å². The van der Waals surface area contributed by atoms with Gasteiger partial charge in [-0.3, -0.25) is 4.79 Å². The number of benzene rings is 1. The lowest BCUT2D eigenvalue weighted by atomic mass is 9.95. The number of carbonyl (C=O) groups excluding carboxylic acids is 1. The maximum absolute atomic E-state index is 11.7. The molecule has 0 heterocycles. The molecule has 0 saturated heterocycles. The molecule has 1 aliphatic carbocycles. The van der Waals surface area contributed by atoms with Crippen molar-refractivity contribution in [2.45, 2.75) is 45.1 Å². The van der Waals surface area contributed by atoms with Gasteiger partial charge in [-0.15, -0.1) is 0 Å². The summed E-state index contributed by atoms with van der Waals surface area (Å²) < 4.78 is 1.04. The van der Waals surface area contributed by atoms with E-state index >= 15 is 0 Å². The molecule has 1 aliphatic rings. The Morgan fingerprint density at radius 3 is 2.86 bits per heavy atom. The zero-order valence-electron chi connectivity index (χ0n) is 12.4. The fourth-order valence-corrected chi connectivity index (χ4v) is 2.85. The van der Waals surface area contributed by atoms with Crippen molar-refractivity contribution in [3.63, 3.8) is 0 Å². The first kappa shape index (κ1) is 16.2. The number of nitrogens with zero attached hydrogens (tertiary/aromatic N) is 1. The highest BCUT2D eigenvalue weighted by molar-refractivity contribution is 9.10. The molecule has 0 radical (unpaired) electrons. The van der Waals surface area contributed by atoms with Gasteiger partial charge in [0.1, 0.15) is 0 Å². The van der Waals surface area contributed by atoms with Crippen LogP contribution in [-0.2, 0) is 4.79 Å². The Bertz CT molecular complexity index is 510. The number of hydrogen-bond acceptors (Lipinski definition) is 3. The first-order valence-electron chi connectivity index (χ1n) is 7.46. The SMILES string of the molecule is Cc1ccc(/C=N\NC(=O)CNC2CCCCC2)cc1Br. The first-order valence-corrected chi connectivity index (χ1v) is 8.26. The quantitative estimate of drug-likeness (QED) is 0.632. The summed E-state index contributed by atoms with van der Waals surface area (Å²) in [4.78, 5) is 11.7. The van der Waals surface area contributed by atoms with E-state index in [-0.39, 0.29) is 5.91 Å². The van der Waals surface area contributed by atoms with Gasteiger partial charge in [0.15, 0.2) is 0 Å². The highest BCUT2D eigenvalue weighted by atomic mass is 79.9. The Morgan fingerprint density at radius 1 is 1.38 bits per heavy atom. The molecule has 0 atom stereocenters. The van der Waals surface area contributed by atoms with E-state index in [0.717, 1.165) is 10.0 Å². The maximum Gasteiger partial charge on any atom is 0.254 e. The van der Waals surface area contributed by atoms with E-state index in [1.807, 2.05) is 25.1 Å². The number of rotatable bonds is 5. The van der Waals surface area contributed by atoms with Crippen LogP contribution in [0.25, 0.3) is 0 Å². The third-order valence-electron chi connectivity index (χ3n) is 3.76. The molecule has 1 aromatic rings. The van der Waals surface area contributed by atoms with E-state index in [2.05, 4.69) is 31.8 Å². The van der Waals surface area contributed by atoms with Crippen LogP contribution >= 0.6 is 15.9 Å². The summed E-state index contributed by atoms with van der Waals surface area (Å²) in [6.07, 6.45) is 7.85. The van der Waals surface area contributed by atoms with Crippen LogP contribution in [0.4, 0.5) is 0 Å². The van der Waals surface area contributed by atoms with Crippen LogP contribution in [-0.4, -0.2) is 24.7 Å². The minimum atomic E-state index is -0.0944. The summed E-state index contributed by atoms with van der Waals surface area (Å²) >= 11 is 3.48. The Morgan fingerprint density at radius 2 is 2.14 bits per heavy atom. The molecule has 0 aromatic heterocycles. The Hall–Kier alpha value is -1.20. The maximum atomic E-state index is 11.7. The zero-order chi connectivity index (χ0) is 15.1. The van der Waals surface area contributed by atoms with Crippen LogP contribution < -0.4 is 10.7 Å². The van der Waals surface area contributed by atoms with E-state index in [0.29, 0.717) is 12.6 Å². The van der Waals surface area contributed by atoms with Gasteiger partial charge < -0.3 is 5.32 Å². The number of nitrogens with one attached hydrogen (secondary N) is 2. The summed E-state index contributed by atoms with van der Waals surface area (Å²) in [5.41, 5.74) is 4.68. The van der Waals surface area contributed by atoms with Crippen molar-refractivity contribution in [3.05, 3.63) is 33.8 Å². The van der Waals surface area contributed by atoms with Crippen LogP contribution in [0.5, 0.6) is 0 Å². The smallest absolute Gasteiger partial charge is 0.254 e. The van der Waals surface area contributed by atoms with Gasteiger partial charge in [-0.2, -0.15) is 5.10 Å². The predicted octanol–water partition coefficient (Wildman–Crippen LogP) is 3.13. The Labute approximate surface area is 134 Å². The fraction of sp³-hybridized carbons (Fsp3) is 0.500. The third-order valence-corrected chi connectivity index (χ3v) is 4.61. The summed E-state index contributed by atoms with van der Waals surface area (Å²) in [5.74, 6) is -0.0944. The van der Waals surface area contributed by atoms with Gasteiger partial charge in [0.25, 0.3) is 5.91 Å². The topological polar surface area (TPSA) is 53.5 Å². The molecule has 1 fully saturated rings. The summed E-state index contributed by atoms with van der Waals surface area (Å²) in [6.45, 7) is 2.36. The molecule has 21 heavy (non-hydrogen) atoms. The molecular weight excluding hydrogens is 330 g/mol. The molecule has 2 N–H and O–H groups in total. The van der Waals surface area contributed by atoms with Gasteiger partial charge in [-0.25, -0.2) is 5.43 Å². The minimum absolute atomic E-state index is 0.0944. The average Bonchev–Trinajstić information content (AvgIpc) is 2.50. The van der Waals surface area contributed by atoms with Gasteiger partial charge in [0.05, 0.1) is 12.8 Å². The van der Waals surface area contributed by atoms with Crippen molar-refractivity contribution in [3.8, 4) is 0 Å². The number of amides is 1. The molecule has 0 aliphatic heterocycles. The first-order chi connectivity index (χ1) is 10.1. The standard InChI is InChI=1S/C16H22BrN3O/c1-12-7-8-13(9-15(12)17)10-19-20-16(21)11-18-14-5-3-2-4-6-14/h7-10,14,18H,2-6,11H2,1H3,(H,20,21)/b19-10-. The third kappa shape index (κ3) is 5.59. The molecule has 4 nitrogen and oxygen atoms in total. The lowest BCUT2D eigenvalue weighted by Crippen LogP contribution is -2.38. The van der Waals surface area contributed by atoms with Crippen LogP contribution in [0.15, 0.2) is 27.8 Å². The van der Waals surface area contributed by atoms with E-state index in [4.69, 9.17) is 0 Å². The summed E-state index contributed by atoms with van der Waals surface area (Å²) in [5, 5.41) is 7.28. The monoisotopic (exact) mass is 351 g/mol. The van der Waals surface area contributed by atoms with Gasteiger partial charge >= 0.3 is 0 Å². The molecule has 0 unspecified atom stereocenters. The van der Waals surface area contributed by atoms with Gasteiger partial charge in [0.2, 0.25) is 0 Å². The van der Waals surface area contributed by atoms with Crippen LogP contribution in [0.2, 0.25) is 0 Å². The number of hydrogen-bond donors (Lipinski definition) is 2. The summed E-state index contributed by atoms with van der Waals surface area (Å²) in [7, 11) is 0. The molecule has 0 bridgehead atoms. The molecule has 1 amide bonds. The highest BCUT2D eigenvalue weighted by Gasteiger charge is 2.13. The molecule has 1 aromatic carbocycles. The van der Waals surface area contributed by atoms with Crippen LogP contribution in [0, 0.1) is 6.92 Å². The van der Waals surface area contributed by atoms with Crippen molar-refractivity contribution in [2.24, 2.45) is 5.10 Å². The van der Waals surface area contributed by atoms with Crippen molar-refractivity contribution in [1.82, 2.24) is 10.7 Å². The van der Waals surface area contributed by atoms with E-state index < -0.39 is 0 Å². The molecule has 0 spiro atoms. The number of hydrazone groups is 1. The zero-order valence-corrected chi connectivity index (χ0v) is 13.9. The van der Waals surface area contributed by atoms with Gasteiger partial charge in [-0.05, 0) is 37.0 Å². The van der Waals surface area contributed by atoms with Gasteiger partial charge in [0, 0.05) is 10.5 Å². The predicted molar refractivity (Wildman–Crippen MR) is 89.5 cm³/mol. The Kier molecular flexibility index (Phi) is 6.39. The van der Waals surface area contributed by atoms with Crippen molar-refractivity contribution < 1.29 is 4.79 Å². The largest absolute Gasteiger partial charge is 0.306 e. The molecule has 114 valence electrons. The lowest BCUT2D eigenvalue weighted by molar-refractivity contribution is -0.120. The normalized spacial score (nSPS) is 16.3. The average molecular weight is 352 g/mol. The number of aryl methyl sites for hydroxylation is 1. The second kappa shape index (κ2) is 8.29. The lowest BCUT2D eigenvalue weighted by Gasteiger charge is -2.22. The van der Waals surface area contributed by atoms with Crippen molar-refractivity contribution in [1.29, 1.82) is 0 Å². The summed E-state index contributed by atoms with van der Waals surface area (Å²) in [6, 6.07) is 6.45. The number of carbonyl (C=O) groups is 1. The second-order valence-electron chi connectivity index (χ2n) is 5.52. The second-order valence-corrected chi connectivity index (χ2v) is 6.37. The van der Waals surface area contributed by atoms with E-state index in [1.165, 1.54) is 37.7 Å². The van der Waals surface area contributed by atoms with Crippen molar-refractivity contribution >= 4 is 28.1 Å². The Balaban J connectivity index is 1.72. The van der Waals surface area contributed by atoms with E-state index in [9.17, 15) is 4.79 Å². The van der Waals surface area contributed by atoms with E-state index in [1.54, 1.807) is 6.21 Å². The molecule has 1 saturated carbocycles. The minimum Gasteiger partial charge on any atom is -0.306 e. The van der Waals surface area contributed by atoms with Crippen molar-refractivity contribution in [2.75, 3.05) is 6.54 Å². The highest BCUT2D eigenvalue weighted by Crippen LogP contribution is 2.17. The number of halogens is 1. The molecule has 2 rings (SSSR count).